The monoisotopic (exact) mass is 319 g/mol. The Morgan fingerprint density at radius 3 is 2.04 bits per heavy atom. The summed E-state index contributed by atoms with van der Waals surface area (Å²) < 4.78 is 0. The van der Waals surface area contributed by atoms with Gasteiger partial charge in [-0.3, -0.25) is 9.59 Å². The molecule has 0 aliphatic heterocycles. The van der Waals surface area contributed by atoms with Crippen molar-refractivity contribution in [2.45, 2.75) is 40.5 Å². The molecule has 128 valence electrons. The number of carbonyl (C=O) groups is 2. The van der Waals surface area contributed by atoms with Gasteiger partial charge in [-0.1, -0.05) is 13.3 Å². The first-order chi connectivity index (χ1) is 11.0. The van der Waals surface area contributed by atoms with Gasteiger partial charge in [0.1, 0.15) is 6.54 Å². The smallest absolute Gasteiger partial charge is 0.240 e. The van der Waals surface area contributed by atoms with Gasteiger partial charge in [0.15, 0.2) is 0 Å². The standard InChI is InChI=1S/C18H29N3O2/c1-5-8-13-19-18(23)14-21(15(4)22)17-11-9-16(10-12-17)20(6-2)7-3/h9-12H,5-8,13-14H2,1-4H3,(H,19,23). The third kappa shape index (κ3) is 5.93. The van der Waals surface area contributed by atoms with Gasteiger partial charge < -0.3 is 15.1 Å². The minimum atomic E-state index is -0.133. The molecule has 0 radical (unpaired) electrons. The van der Waals surface area contributed by atoms with Crippen LogP contribution in [0.25, 0.3) is 0 Å². The van der Waals surface area contributed by atoms with Crippen LogP contribution in [0.15, 0.2) is 24.3 Å². The summed E-state index contributed by atoms with van der Waals surface area (Å²) in [5.74, 6) is -0.257. The van der Waals surface area contributed by atoms with Crippen LogP contribution in [-0.2, 0) is 9.59 Å². The summed E-state index contributed by atoms with van der Waals surface area (Å²) in [7, 11) is 0. The lowest BCUT2D eigenvalue weighted by atomic mass is 10.2. The number of unbranched alkanes of at least 4 members (excludes halogenated alkanes) is 1. The molecule has 1 aromatic rings. The van der Waals surface area contributed by atoms with Gasteiger partial charge in [0.05, 0.1) is 0 Å². The van der Waals surface area contributed by atoms with Gasteiger partial charge in [-0.15, -0.1) is 0 Å². The van der Waals surface area contributed by atoms with E-state index in [1.807, 2.05) is 24.3 Å². The first-order valence-electron chi connectivity index (χ1n) is 8.43. The van der Waals surface area contributed by atoms with Crippen molar-refractivity contribution in [3.05, 3.63) is 24.3 Å². The molecule has 0 saturated heterocycles. The van der Waals surface area contributed by atoms with Gasteiger partial charge in [0.2, 0.25) is 11.8 Å². The Labute approximate surface area is 139 Å². The van der Waals surface area contributed by atoms with Crippen LogP contribution in [-0.4, -0.2) is 38.0 Å². The molecular formula is C18H29N3O2. The summed E-state index contributed by atoms with van der Waals surface area (Å²) in [6.07, 6.45) is 1.98. The molecule has 5 heteroatoms. The predicted octanol–water partition coefficient (Wildman–Crippen LogP) is 2.80. The Bertz CT molecular complexity index is 495. The van der Waals surface area contributed by atoms with Crippen LogP contribution in [0.4, 0.5) is 11.4 Å². The SMILES string of the molecule is CCCCNC(=O)CN(C(C)=O)c1ccc(N(CC)CC)cc1. The lowest BCUT2D eigenvalue weighted by Gasteiger charge is -2.24. The van der Waals surface area contributed by atoms with E-state index in [2.05, 4.69) is 31.0 Å². The second-order valence-electron chi connectivity index (χ2n) is 5.50. The molecule has 0 aliphatic carbocycles. The molecule has 0 bridgehead atoms. The highest BCUT2D eigenvalue weighted by Crippen LogP contribution is 2.20. The van der Waals surface area contributed by atoms with Crippen LogP contribution in [0, 0.1) is 0 Å². The van der Waals surface area contributed by atoms with Crippen molar-refractivity contribution >= 4 is 23.2 Å². The molecule has 0 saturated carbocycles. The average molecular weight is 319 g/mol. The minimum absolute atomic E-state index is 0.0592. The normalized spacial score (nSPS) is 10.3. The molecule has 23 heavy (non-hydrogen) atoms. The summed E-state index contributed by atoms with van der Waals surface area (Å²) in [5.41, 5.74) is 1.87. The highest BCUT2D eigenvalue weighted by Gasteiger charge is 2.15. The summed E-state index contributed by atoms with van der Waals surface area (Å²) in [6.45, 7) is 10.4. The number of anilines is 2. The highest BCUT2D eigenvalue weighted by atomic mass is 16.2. The van der Waals surface area contributed by atoms with E-state index in [9.17, 15) is 9.59 Å². The number of nitrogens with one attached hydrogen (secondary N) is 1. The number of carbonyl (C=O) groups excluding carboxylic acids is 2. The van der Waals surface area contributed by atoms with E-state index < -0.39 is 0 Å². The molecule has 0 heterocycles. The van der Waals surface area contributed by atoms with Crippen LogP contribution in [0.3, 0.4) is 0 Å². The molecule has 1 N–H and O–H groups in total. The quantitative estimate of drug-likeness (QED) is 0.712. The van der Waals surface area contributed by atoms with E-state index in [-0.39, 0.29) is 18.4 Å². The zero-order valence-corrected chi connectivity index (χ0v) is 14.8. The van der Waals surface area contributed by atoms with Gasteiger partial charge >= 0.3 is 0 Å². The van der Waals surface area contributed by atoms with Crippen LogP contribution >= 0.6 is 0 Å². The Balaban J connectivity index is 2.77. The molecule has 2 amide bonds. The molecule has 1 aromatic carbocycles. The maximum atomic E-state index is 12.0. The third-order valence-corrected chi connectivity index (χ3v) is 3.82. The van der Waals surface area contributed by atoms with Crippen molar-refractivity contribution in [3.8, 4) is 0 Å². The van der Waals surface area contributed by atoms with Crippen LogP contribution in [0.2, 0.25) is 0 Å². The molecule has 1 rings (SSSR count). The lowest BCUT2D eigenvalue weighted by molar-refractivity contribution is -0.123. The van der Waals surface area contributed by atoms with E-state index in [4.69, 9.17) is 0 Å². The Morgan fingerprint density at radius 2 is 1.57 bits per heavy atom. The zero-order valence-electron chi connectivity index (χ0n) is 14.8. The number of nitrogens with zero attached hydrogens (tertiary/aromatic N) is 2. The van der Waals surface area contributed by atoms with Crippen molar-refractivity contribution in [1.82, 2.24) is 5.32 Å². The fraction of sp³-hybridized carbons (Fsp3) is 0.556. The Hall–Kier alpha value is -2.04. The highest BCUT2D eigenvalue weighted by molar-refractivity contribution is 5.97. The summed E-state index contributed by atoms with van der Waals surface area (Å²) in [4.78, 5) is 27.6. The predicted molar refractivity (Wildman–Crippen MR) is 95.9 cm³/mol. The van der Waals surface area contributed by atoms with E-state index in [1.165, 1.54) is 11.8 Å². The molecule has 0 atom stereocenters. The molecule has 0 fully saturated rings. The first kappa shape index (κ1) is 19.0. The van der Waals surface area contributed by atoms with Crippen molar-refractivity contribution < 1.29 is 9.59 Å². The van der Waals surface area contributed by atoms with Crippen molar-refractivity contribution in [3.63, 3.8) is 0 Å². The van der Waals surface area contributed by atoms with Gasteiger partial charge in [0.25, 0.3) is 0 Å². The van der Waals surface area contributed by atoms with Crippen LogP contribution in [0.5, 0.6) is 0 Å². The molecule has 5 nitrogen and oxygen atoms in total. The first-order valence-corrected chi connectivity index (χ1v) is 8.43. The van der Waals surface area contributed by atoms with E-state index in [0.29, 0.717) is 6.54 Å². The van der Waals surface area contributed by atoms with Crippen LogP contribution < -0.4 is 15.1 Å². The molecular weight excluding hydrogens is 290 g/mol. The third-order valence-electron chi connectivity index (χ3n) is 3.82. The van der Waals surface area contributed by atoms with E-state index in [1.54, 1.807) is 0 Å². The van der Waals surface area contributed by atoms with Gasteiger partial charge in [-0.2, -0.15) is 0 Å². The number of hydrogen-bond acceptors (Lipinski definition) is 3. The topological polar surface area (TPSA) is 52.7 Å². The minimum Gasteiger partial charge on any atom is -0.372 e. The zero-order chi connectivity index (χ0) is 17.2. The van der Waals surface area contributed by atoms with E-state index in [0.717, 1.165) is 37.3 Å². The largest absolute Gasteiger partial charge is 0.372 e. The summed E-state index contributed by atoms with van der Waals surface area (Å²) in [5, 5.41) is 2.85. The Morgan fingerprint density at radius 1 is 1.00 bits per heavy atom. The second-order valence-corrected chi connectivity index (χ2v) is 5.50. The fourth-order valence-corrected chi connectivity index (χ4v) is 2.42. The fourth-order valence-electron chi connectivity index (χ4n) is 2.42. The Kier molecular flexibility index (Phi) is 8.16. The number of hydrogen-bond donors (Lipinski definition) is 1. The van der Waals surface area contributed by atoms with Gasteiger partial charge in [0, 0.05) is 37.9 Å². The van der Waals surface area contributed by atoms with Crippen molar-refractivity contribution in [2.75, 3.05) is 36.0 Å². The average Bonchev–Trinajstić information content (AvgIpc) is 2.54. The molecule has 0 unspecified atom stereocenters. The van der Waals surface area contributed by atoms with Crippen molar-refractivity contribution in [1.29, 1.82) is 0 Å². The lowest BCUT2D eigenvalue weighted by Crippen LogP contribution is -2.40. The number of rotatable bonds is 9. The molecule has 0 aromatic heterocycles. The number of benzene rings is 1. The summed E-state index contributed by atoms with van der Waals surface area (Å²) in [6, 6.07) is 7.78. The van der Waals surface area contributed by atoms with Crippen molar-refractivity contribution in [2.24, 2.45) is 0 Å². The maximum Gasteiger partial charge on any atom is 0.240 e. The number of amides is 2. The molecule has 0 spiro atoms. The van der Waals surface area contributed by atoms with Gasteiger partial charge in [-0.25, -0.2) is 0 Å². The maximum absolute atomic E-state index is 12.0. The van der Waals surface area contributed by atoms with Gasteiger partial charge in [-0.05, 0) is 44.5 Å². The van der Waals surface area contributed by atoms with E-state index >= 15 is 0 Å². The second kappa shape index (κ2) is 9.87. The summed E-state index contributed by atoms with van der Waals surface area (Å²) >= 11 is 0. The van der Waals surface area contributed by atoms with Crippen LogP contribution in [0.1, 0.15) is 40.5 Å². The molecule has 0 aliphatic rings.